The molecule has 0 unspecified atom stereocenters. The van der Waals surface area contributed by atoms with Crippen LogP contribution in [0.25, 0.3) is 0 Å². The quantitative estimate of drug-likeness (QED) is 0.351. The zero-order valence-electron chi connectivity index (χ0n) is 17.8. The number of amides is 1. The first-order valence-electron chi connectivity index (χ1n) is 10.2. The zero-order valence-corrected chi connectivity index (χ0v) is 18.6. The van der Waals surface area contributed by atoms with Crippen LogP contribution < -0.4 is 15.5 Å². The average molecular weight is 457 g/mol. The highest BCUT2D eigenvalue weighted by atomic mass is 32.1. The van der Waals surface area contributed by atoms with Crippen LogP contribution >= 0.6 is 12.2 Å². The third-order valence-corrected chi connectivity index (χ3v) is 5.80. The van der Waals surface area contributed by atoms with Gasteiger partial charge in [-0.1, -0.05) is 13.0 Å². The van der Waals surface area contributed by atoms with E-state index in [0.717, 1.165) is 25.9 Å². The molecule has 1 aliphatic rings. The van der Waals surface area contributed by atoms with Crippen molar-refractivity contribution in [2.24, 2.45) is 5.92 Å². The fourth-order valence-electron chi connectivity index (χ4n) is 3.66. The van der Waals surface area contributed by atoms with E-state index in [-0.39, 0.29) is 21.9 Å². The van der Waals surface area contributed by atoms with Crippen molar-refractivity contribution in [2.45, 2.75) is 26.7 Å². The lowest BCUT2D eigenvalue weighted by Gasteiger charge is -2.31. The molecule has 1 amide bonds. The standard InChI is InChI=1S/C22H24N4O5S/c1-13-8-10-25(11-9-13)18-7-6-15(12-19(18)26(30)31)20(27)24-22(32)23-17-5-3-4-16(14(17)2)21(28)29/h3-7,12-13H,8-11H2,1-2H3,(H,28,29)(H2,23,24,27,32). The molecule has 2 aromatic carbocycles. The van der Waals surface area contributed by atoms with Gasteiger partial charge in [-0.2, -0.15) is 0 Å². The van der Waals surface area contributed by atoms with E-state index >= 15 is 0 Å². The number of nitro benzene ring substituents is 1. The van der Waals surface area contributed by atoms with E-state index in [1.165, 1.54) is 18.2 Å². The molecule has 0 aliphatic carbocycles. The Morgan fingerprint density at radius 2 is 1.91 bits per heavy atom. The predicted molar refractivity (Wildman–Crippen MR) is 126 cm³/mol. The van der Waals surface area contributed by atoms with Crippen LogP contribution in [0.2, 0.25) is 0 Å². The van der Waals surface area contributed by atoms with E-state index < -0.39 is 16.8 Å². The normalized spacial score (nSPS) is 14.0. The van der Waals surface area contributed by atoms with Gasteiger partial charge in [0.25, 0.3) is 11.6 Å². The summed E-state index contributed by atoms with van der Waals surface area (Å²) >= 11 is 5.17. The van der Waals surface area contributed by atoms with E-state index in [9.17, 15) is 24.8 Å². The maximum atomic E-state index is 12.6. The first-order valence-corrected chi connectivity index (χ1v) is 10.6. The van der Waals surface area contributed by atoms with Crippen LogP contribution in [0.3, 0.4) is 0 Å². The first kappa shape index (κ1) is 23.1. The Balaban J connectivity index is 1.74. The maximum Gasteiger partial charge on any atom is 0.336 e. The summed E-state index contributed by atoms with van der Waals surface area (Å²) in [6.07, 6.45) is 1.92. The Morgan fingerprint density at radius 1 is 1.22 bits per heavy atom. The summed E-state index contributed by atoms with van der Waals surface area (Å²) in [5.74, 6) is -1.09. The Labute approximate surface area is 190 Å². The highest BCUT2D eigenvalue weighted by Crippen LogP contribution is 2.32. The van der Waals surface area contributed by atoms with Gasteiger partial charge < -0.3 is 15.3 Å². The van der Waals surface area contributed by atoms with Crippen LogP contribution in [0.5, 0.6) is 0 Å². The average Bonchev–Trinajstić information content (AvgIpc) is 2.75. The molecular formula is C22H24N4O5S. The number of thiocarbonyl (C=S) groups is 1. The number of nitro groups is 1. The molecule has 168 valence electrons. The lowest BCUT2D eigenvalue weighted by molar-refractivity contribution is -0.384. The Morgan fingerprint density at radius 3 is 2.53 bits per heavy atom. The molecule has 9 nitrogen and oxygen atoms in total. The highest BCUT2D eigenvalue weighted by molar-refractivity contribution is 7.80. The minimum atomic E-state index is -1.07. The molecule has 0 bridgehead atoms. The Bertz CT molecular complexity index is 1080. The van der Waals surface area contributed by atoms with Crippen molar-refractivity contribution in [1.29, 1.82) is 0 Å². The van der Waals surface area contributed by atoms with E-state index in [1.54, 1.807) is 25.1 Å². The minimum Gasteiger partial charge on any atom is -0.478 e. The Kier molecular flexibility index (Phi) is 7.04. The molecule has 1 heterocycles. The van der Waals surface area contributed by atoms with Crippen molar-refractivity contribution < 1.29 is 19.6 Å². The second kappa shape index (κ2) is 9.73. The Hall–Kier alpha value is -3.53. The third-order valence-electron chi connectivity index (χ3n) is 5.60. The summed E-state index contributed by atoms with van der Waals surface area (Å²) in [4.78, 5) is 37.1. The number of rotatable bonds is 5. The maximum absolute atomic E-state index is 12.6. The number of hydrogen-bond donors (Lipinski definition) is 3. The van der Waals surface area contributed by atoms with Crippen molar-refractivity contribution in [3.63, 3.8) is 0 Å². The molecule has 0 atom stereocenters. The van der Waals surface area contributed by atoms with E-state index in [4.69, 9.17) is 12.2 Å². The van der Waals surface area contributed by atoms with Gasteiger partial charge in [0.1, 0.15) is 5.69 Å². The van der Waals surface area contributed by atoms with Crippen LogP contribution in [0.4, 0.5) is 17.1 Å². The minimum absolute atomic E-state index is 0.0441. The number of nitrogens with one attached hydrogen (secondary N) is 2. The number of benzene rings is 2. The number of carboxylic acid groups (broad SMARTS) is 1. The van der Waals surface area contributed by atoms with E-state index in [0.29, 0.717) is 22.9 Å². The number of nitrogens with zero attached hydrogens (tertiary/aromatic N) is 2. The molecule has 0 aromatic heterocycles. The molecule has 0 saturated carbocycles. The van der Waals surface area contributed by atoms with Crippen molar-refractivity contribution in [3.8, 4) is 0 Å². The SMILES string of the molecule is Cc1c(NC(=S)NC(=O)c2ccc(N3CCC(C)CC3)c([N+](=O)[O-])c2)cccc1C(=O)O. The topological polar surface area (TPSA) is 125 Å². The second-order valence-corrected chi connectivity index (χ2v) is 8.23. The molecule has 0 spiro atoms. The summed E-state index contributed by atoms with van der Waals surface area (Å²) in [5.41, 5.74) is 1.49. The summed E-state index contributed by atoms with van der Waals surface area (Å²) < 4.78 is 0. The molecule has 3 N–H and O–H groups in total. The van der Waals surface area contributed by atoms with Crippen molar-refractivity contribution in [2.75, 3.05) is 23.3 Å². The van der Waals surface area contributed by atoms with Gasteiger partial charge in [0.05, 0.1) is 10.5 Å². The number of carboxylic acids is 1. The first-order chi connectivity index (χ1) is 15.2. The molecule has 0 radical (unpaired) electrons. The van der Waals surface area contributed by atoms with Crippen LogP contribution in [-0.2, 0) is 0 Å². The van der Waals surface area contributed by atoms with Crippen molar-refractivity contribution >= 4 is 46.3 Å². The molecular weight excluding hydrogens is 432 g/mol. The highest BCUT2D eigenvalue weighted by Gasteiger charge is 2.25. The van der Waals surface area contributed by atoms with Crippen LogP contribution in [0.15, 0.2) is 36.4 Å². The van der Waals surface area contributed by atoms with E-state index in [1.807, 2.05) is 4.90 Å². The van der Waals surface area contributed by atoms with Gasteiger partial charge >= 0.3 is 5.97 Å². The number of carbonyl (C=O) groups excluding carboxylic acids is 1. The summed E-state index contributed by atoms with van der Waals surface area (Å²) in [6.45, 7) is 5.25. The van der Waals surface area contributed by atoms with E-state index in [2.05, 4.69) is 17.6 Å². The molecule has 32 heavy (non-hydrogen) atoms. The van der Waals surface area contributed by atoms with Crippen LogP contribution in [0.1, 0.15) is 46.0 Å². The van der Waals surface area contributed by atoms with Gasteiger partial charge in [0.2, 0.25) is 0 Å². The van der Waals surface area contributed by atoms with Gasteiger partial charge in [0, 0.05) is 30.4 Å². The summed E-state index contributed by atoms with van der Waals surface area (Å²) in [5, 5.41) is 26.1. The van der Waals surface area contributed by atoms with Gasteiger partial charge in [-0.05, 0) is 67.7 Å². The van der Waals surface area contributed by atoms with Gasteiger partial charge in [-0.3, -0.25) is 20.2 Å². The van der Waals surface area contributed by atoms with Gasteiger partial charge in [0.15, 0.2) is 5.11 Å². The number of hydrogen-bond acceptors (Lipinski definition) is 6. The second-order valence-electron chi connectivity index (χ2n) is 7.82. The lowest BCUT2D eigenvalue weighted by atomic mass is 9.98. The molecule has 3 rings (SSSR count). The fraction of sp³-hybridized carbons (Fsp3) is 0.318. The van der Waals surface area contributed by atoms with Crippen molar-refractivity contribution in [3.05, 3.63) is 63.2 Å². The lowest BCUT2D eigenvalue weighted by Crippen LogP contribution is -2.35. The largest absolute Gasteiger partial charge is 0.478 e. The molecule has 2 aromatic rings. The molecule has 1 fully saturated rings. The summed E-state index contributed by atoms with van der Waals surface area (Å²) in [6, 6.07) is 9.05. The van der Waals surface area contributed by atoms with Gasteiger partial charge in [-0.25, -0.2) is 4.79 Å². The van der Waals surface area contributed by atoms with Crippen LogP contribution in [-0.4, -0.2) is 40.1 Å². The number of piperidine rings is 1. The van der Waals surface area contributed by atoms with Gasteiger partial charge in [-0.15, -0.1) is 0 Å². The number of aromatic carboxylic acids is 1. The molecule has 1 saturated heterocycles. The monoisotopic (exact) mass is 456 g/mol. The predicted octanol–water partition coefficient (Wildman–Crippen LogP) is 3.96. The zero-order chi connectivity index (χ0) is 23.4. The molecule has 1 aliphatic heterocycles. The summed E-state index contributed by atoms with van der Waals surface area (Å²) in [7, 11) is 0. The smallest absolute Gasteiger partial charge is 0.336 e. The van der Waals surface area contributed by atoms with Crippen molar-refractivity contribution in [1.82, 2.24) is 5.32 Å². The number of anilines is 2. The number of carbonyl (C=O) groups is 2. The van der Waals surface area contributed by atoms with Crippen LogP contribution in [0, 0.1) is 23.0 Å². The molecule has 10 heteroatoms. The third kappa shape index (κ3) is 5.20. The fourth-order valence-corrected chi connectivity index (χ4v) is 3.86.